The Morgan fingerprint density at radius 1 is 1.04 bits per heavy atom. The van der Waals surface area contributed by atoms with E-state index in [1.54, 1.807) is 11.3 Å². The van der Waals surface area contributed by atoms with Crippen molar-refractivity contribution in [1.29, 1.82) is 0 Å². The molecule has 3 heterocycles. The van der Waals surface area contributed by atoms with Crippen molar-refractivity contribution in [2.45, 2.75) is 20.0 Å². The van der Waals surface area contributed by atoms with Crippen molar-refractivity contribution >= 4 is 11.3 Å². The van der Waals surface area contributed by atoms with Crippen LogP contribution in [0.1, 0.15) is 17.1 Å². The molecule has 4 rings (SSSR count). The summed E-state index contributed by atoms with van der Waals surface area (Å²) in [5.74, 6) is 0.956. The Labute approximate surface area is 151 Å². The molecule has 5 nitrogen and oxygen atoms in total. The van der Waals surface area contributed by atoms with Gasteiger partial charge in [-0.05, 0) is 6.92 Å². The zero-order valence-electron chi connectivity index (χ0n) is 14.4. The zero-order valence-corrected chi connectivity index (χ0v) is 15.2. The summed E-state index contributed by atoms with van der Waals surface area (Å²) in [6.07, 6.45) is 0. The first-order valence-electron chi connectivity index (χ1n) is 8.63. The number of piperazine rings is 1. The highest BCUT2D eigenvalue weighted by Crippen LogP contribution is 2.24. The van der Waals surface area contributed by atoms with Crippen LogP contribution < -0.4 is 0 Å². The predicted molar refractivity (Wildman–Crippen MR) is 99.3 cm³/mol. The fourth-order valence-electron chi connectivity index (χ4n) is 3.14. The van der Waals surface area contributed by atoms with E-state index in [-0.39, 0.29) is 0 Å². The van der Waals surface area contributed by atoms with E-state index in [0.29, 0.717) is 0 Å². The highest BCUT2D eigenvalue weighted by molar-refractivity contribution is 7.13. The molecule has 0 spiro atoms. The summed E-state index contributed by atoms with van der Waals surface area (Å²) in [6, 6.07) is 12.4. The maximum Gasteiger partial charge on any atom is 0.150 e. The molecule has 0 saturated carbocycles. The Kier molecular flexibility index (Phi) is 4.92. The Balaban J connectivity index is 1.29. The summed E-state index contributed by atoms with van der Waals surface area (Å²) in [4.78, 5) is 9.71. The van der Waals surface area contributed by atoms with E-state index < -0.39 is 0 Å². The smallest absolute Gasteiger partial charge is 0.150 e. The van der Waals surface area contributed by atoms with Crippen LogP contribution in [0, 0.1) is 6.92 Å². The zero-order chi connectivity index (χ0) is 17.1. The van der Waals surface area contributed by atoms with Gasteiger partial charge in [-0.2, -0.15) is 0 Å². The van der Waals surface area contributed by atoms with Gasteiger partial charge in [0, 0.05) is 49.7 Å². The van der Waals surface area contributed by atoms with Gasteiger partial charge in [-0.15, -0.1) is 11.3 Å². The fourth-order valence-corrected chi connectivity index (χ4v) is 3.96. The van der Waals surface area contributed by atoms with Crippen molar-refractivity contribution in [3.05, 3.63) is 58.9 Å². The summed E-state index contributed by atoms with van der Waals surface area (Å²) < 4.78 is 5.32. The standard InChI is InChI=1S/C19H22N4OS/c1-15-11-18(24-21-15)13-23-9-7-22(8-10-23)12-17-14-25-19(20-17)16-5-3-2-4-6-16/h2-6,11,14H,7-10,12-13H2,1H3. The van der Waals surface area contributed by atoms with Crippen LogP contribution in [0.3, 0.4) is 0 Å². The van der Waals surface area contributed by atoms with Crippen molar-refractivity contribution in [1.82, 2.24) is 19.9 Å². The topological polar surface area (TPSA) is 45.4 Å². The molecule has 0 bridgehead atoms. The molecular weight excluding hydrogens is 332 g/mol. The molecule has 3 aromatic rings. The molecule has 25 heavy (non-hydrogen) atoms. The summed E-state index contributed by atoms with van der Waals surface area (Å²) in [5.41, 5.74) is 3.32. The normalized spacial score (nSPS) is 16.4. The summed E-state index contributed by atoms with van der Waals surface area (Å²) in [6.45, 7) is 7.96. The summed E-state index contributed by atoms with van der Waals surface area (Å²) in [5, 5.41) is 7.25. The fraction of sp³-hybridized carbons (Fsp3) is 0.368. The van der Waals surface area contributed by atoms with E-state index in [9.17, 15) is 0 Å². The molecule has 1 aliphatic rings. The minimum atomic E-state index is 0.851. The molecular formula is C19H22N4OS. The maximum atomic E-state index is 5.32. The lowest BCUT2D eigenvalue weighted by Gasteiger charge is -2.33. The summed E-state index contributed by atoms with van der Waals surface area (Å²) >= 11 is 1.73. The lowest BCUT2D eigenvalue weighted by molar-refractivity contribution is 0.113. The van der Waals surface area contributed by atoms with Gasteiger partial charge in [0.25, 0.3) is 0 Å². The van der Waals surface area contributed by atoms with E-state index in [4.69, 9.17) is 9.51 Å². The second kappa shape index (κ2) is 7.47. The van der Waals surface area contributed by atoms with E-state index in [1.807, 2.05) is 19.1 Å². The molecule has 1 fully saturated rings. The first-order valence-corrected chi connectivity index (χ1v) is 9.51. The van der Waals surface area contributed by atoms with E-state index in [2.05, 4.69) is 44.6 Å². The third kappa shape index (κ3) is 4.15. The van der Waals surface area contributed by atoms with Crippen molar-refractivity contribution in [2.24, 2.45) is 0 Å². The van der Waals surface area contributed by atoms with Gasteiger partial charge in [0.1, 0.15) is 5.01 Å². The third-order valence-electron chi connectivity index (χ3n) is 4.48. The molecule has 0 unspecified atom stereocenters. The van der Waals surface area contributed by atoms with E-state index >= 15 is 0 Å². The van der Waals surface area contributed by atoms with Crippen LogP contribution in [-0.4, -0.2) is 46.1 Å². The van der Waals surface area contributed by atoms with Crippen LogP contribution in [0.4, 0.5) is 0 Å². The van der Waals surface area contributed by atoms with Crippen LogP contribution in [0.5, 0.6) is 0 Å². The lowest BCUT2D eigenvalue weighted by Crippen LogP contribution is -2.45. The van der Waals surface area contributed by atoms with Crippen molar-refractivity contribution in [2.75, 3.05) is 26.2 Å². The number of thiazole rings is 1. The van der Waals surface area contributed by atoms with Gasteiger partial charge < -0.3 is 4.52 Å². The molecule has 0 N–H and O–H groups in total. The minimum absolute atomic E-state index is 0.851. The molecule has 0 atom stereocenters. The van der Waals surface area contributed by atoms with Gasteiger partial charge in [-0.25, -0.2) is 4.98 Å². The van der Waals surface area contributed by atoms with Crippen molar-refractivity contribution in [3.63, 3.8) is 0 Å². The van der Waals surface area contributed by atoms with Crippen LogP contribution in [0.15, 0.2) is 46.3 Å². The van der Waals surface area contributed by atoms with Crippen LogP contribution >= 0.6 is 11.3 Å². The molecule has 130 valence electrons. The molecule has 0 amide bonds. The molecule has 1 saturated heterocycles. The Morgan fingerprint density at radius 3 is 2.44 bits per heavy atom. The average molecular weight is 354 g/mol. The van der Waals surface area contributed by atoms with Gasteiger partial charge in [-0.1, -0.05) is 35.5 Å². The van der Waals surface area contributed by atoms with Gasteiger partial charge >= 0.3 is 0 Å². The Hall–Kier alpha value is -2.02. The molecule has 1 aromatic carbocycles. The van der Waals surface area contributed by atoms with Crippen LogP contribution in [0.2, 0.25) is 0 Å². The van der Waals surface area contributed by atoms with Gasteiger partial charge in [0.15, 0.2) is 5.76 Å². The lowest BCUT2D eigenvalue weighted by atomic mass is 10.2. The average Bonchev–Trinajstić information content (AvgIpc) is 3.27. The van der Waals surface area contributed by atoms with Crippen molar-refractivity contribution in [3.8, 4) is 10.6 Å². The quantitative estimate of drug-likeness (QED) is 0.702. The van der Waals surface area contributed by atoms with Gasteiger partial charge in [-0.3, -0.25) is 9.80 Å². The van der Waals surface area contributed by atoms with Gasteiger partial charge in [0.05, 0.1) is 17.9 Å². The highest BCUT2D eigenvalue weighted by Gasteiger charge is 2.19. The van der Waals surface area contributed by atoms with Crippen LogP contribution in [0.25, 0.3) is 10.6 Å². The number of rotatable bonds is 5. The minimum Gasteiger partial charge on any atom is -0.360 e. The number of aromatic nitrogens is 2. The van der Waals surface area contributed by atoms with E-state index in [1.165, 1.54) is 11.3 Å². The molecule has 0 radical (unpaired) electrons. The van der Waals surface area contributed by atoms with E-state index in [0.717, 1.165) is 55.7 Å². The highest BCUT2D eigenvalue weighted by atomic mass is 32.1. The number of benzene rings is 1. The predicted octanol–water partition coefficient (Wildman–Crippen LogP) is 3.42. The largest absolute Gasteiger partial charge is 0.360 e. The Bertz CT molecular complexity index is 806. The monoisotopic (exact) mass is 354 g/mol. The van der Waals surface area contributed by atoms with Crippen molar-refractivity contribution < 1.29 is 4.52 Å². The van der Waals surface area contributed by atoms with Crippen LogP contribution in [-0.2, 0) is 13.1 Å². The van der Waals surface area contributed by atoms with Gasteiger partial charge in [0.2, 0.25) is 0 Å². The molecule has 2 aromatic heterocycles. The molecule has 1 aliphatic heterocycles. The molecule has 0 aliphatic carbocycles. The summed E-state index contributed by atoms with van der Waals surface area (Å²) in [7, 11) is 0. The number of nitrogens with zero attached hydrogens (tertiary/aromatic N) is 4. The maximum absolute atomic E-state index is 5.32. The first kappa shape index (κ1) is 16.4. The number of hydrogen-bond acceptors (Lipinski definition) is 6. The molecule has 6 heteroatoms. The number of aryl methyl sites for hydroxylation is 1. The second-order valence-corrected chi connectivity index (χ2v) is 7.36. The SMILES string of the molecule is Cc1cc(CN2CCN(Cc3csc(-c4ccccc4)n3)CC2)on1. The third-order valence-corrected chi connectivity index (χ3v) is 5.42. The first-order chi connectivity index (χ1) is 12.3. The number of hydrogen-bond donors (Lipinski definition) is 0. The Morgan fingerprint density at radius 2 is 1.76 bits per heavy atom. The second-order valence-electron chi connectivity index (χ2n) is 6.50.